The summed E-state index contributed by atoms with van der Waals surface area (Å²) in [7, 11) is 1.61. The molecule has 2 N–H and O–H groups in total. The van der Waals surface area contributed by atoms with Crippen LogP contribution in [0.1, 0.15) is 0 Å². The molecule has 0 aromatic carbocycles. The Kier molecular flexibility index (Phi) is 3.42. The fourth-order valence-corrected chi connectivity index (χ4v) is 2.05. The molecule has 0 bridgehead atoms. The van der Waals surface area contributed by atoms with E-state index in [-0.39, 0.29) is 29.1 Å². The van der Waals surface area contributed by atoms with Gasteiger partial charge >= 0.3 is 11.0 Å². The number of aliphatic imine (C=N–C) groups is 1. The smallest absolute Gasteiger partial charge is 0.336 e. The number of hydrogen-bond donors (Lipinski definition) is 2. The lowest BCUT2D eigenvalue weighted by Crippen LogP contribution is -2.29. The zero-order valence-electron chi connectivity index (χ0n) is 9.74. The van der Waals surface area contributed by atoms with Gasteiger partial charge in [-0.3, -0.25) is 20.2 Å². The fraction of sp³-hybridized carbons (Fsp3) is 0.222. The zero-order valence-corrected chi connectivity index (χ0v) is 10.6. The summed E-state index contributed by atoms with van der Waals surface area (Å²) < 4.78 is 0. The van der Waals surface area contributed by atoms with Crippen LogP contribution >= 0.6 is 11.3 Å². The van der Waals surface area contributed by atoms with Crippen LogP contribution in [0.2, 0.25) is 0 Å². The monoisotopic (exact) mass is 283 g/mol. The van der Waals surface area contributed by atoms with Crippen LogP contribution in [0, 0.1) is 10.1 Å². The second-order valence-corrected chi connectivity index (χ2v) is 4.59. The Balaban J connectivity index is 2.03. The summed E-state index contributed by atoms with van der Waals surface area (Å²) in [6.45, 7) is 0.135. The van der Waals surface area contributed by atoms with Gasteiger partial charge in [-0.1, -0.05) is 11.3 Å². The van der Waals surface area contributed by atoms with Crippen molar-refractivity contribution in [3.63, 3.8) is 0 Å². The highest BCUT2D eigenvalue weighted by molar-refractivity contribution is 7.13. The van der Waals surface area contributed by atoms with E-state index in [1.165, 1.54) is 16.3 Å². The van der Waals surface area contributed by atoms with Crippen LogP contribution in [0.3, 0.4) is 0 Å². The zero-order chi connectivity index (χ0) is 14.0. The van der Waals surface area contributed by atoms with Gasteiger partial charge in [-0.25, -0.2) is 4.79 Å². The van der Waals surface area contributed by atoms with Crippen molar-refractivity contribution in [2.45, 2.75) is 0 Å². The molecule has 0 saturated carbocycles. The minimum Gasteiger partial charge on any atom is -0.336 e. The van der Waals surface area contributed by atoms with Crippen molar-refractivity contribution in [1.29, 1.82) is 0 Å². The van der Waals surface area contributed by atoms with E-state index >= 15 is 0 Å². The Bertz CT molecular complexity index is 581. The normalized spacial score (nSPS) is 16.6. The number of nitrogens with one attached hydrogen (secondary N) is 2. The highest BCUT2D eigenvalue weighted by atomic mass is 32.1. The van der Waals surface area contributed by atoms with E-state index in [0.717, 1.165) is 11.3 Å². The maximum absolute atomic E-state index is 11.6. The summed E-state index contributed by atoms with van der Waals surface area (Å²) in [4.78, 5) is 37.7. The van der Waals surface area contributed by atoms with Crippen molar-refractivity contribution < 1.29 is 14.5 Å². The number of nitro groups is 1. The number of carbonyl (C=O) groups excluding carboxylic acids is 2. The molecule has 0 unspecified atom stereocenters. The average Bonchev–Trinajstić information content (AvgIpc) is 2.87. The Hall–Kier alpha value is -2.49. The molecule has 2 rings (SSSR count). The van der Waals surface area contributed by atoms with E-state index in [2.05, 4.69) is 15.6 Å². The van der Waals surface area contributed by atoms with Gasteiger partial charge in [0.1, 0.15) is 0 Å². The van der Waals surface area contributed by atoms with Crippen molar-refractivity contribution in [2.24, 2.45) is 4.99 Å². The van der Waals surface area contributed by atoms with Crippen LogP contribution in [0.4, 0.5) is 15.5 Å². The lowest BCUT2D eigenvalue weighted by atomic mass is 10.5. The summed E-state index contributed by atoms with van der Waals surface area (Å²) >= 11 is 0.901. The van der Waals surface area contributed by atoms with E-state index in [9.17, 15) is 19.7 Å². The molecule has 100 valence electrons. The van der Waals surface area contributed by atoms with E-state index < -0.39 is 11.0 Å². The number of likely N-dealkylation sites (N-methyl/N-ethyl adjacent to an activating group) is 1. The fourth-order valence-electron chi connectivity index (χ4n) is 1.40. The van der Waals surface area contributed by atoms with Gasteiger partial charge in [-0.05, 0) is 0 Å². The van der Waals surface area contributed by atoms with Gasteiger partial charge in [0.2, 0.25) is 11.9 Å². The van der Waals surface area contributed by atoms with Gasteiger partial charge in [0.05, 0.1) is 23.2 Å². The third-order valence-electron chi connectivity index (χ3n) is 2.22. The molecule has 1 aromatic heterocycles. The first kappa shape index (κ1) is 13.0. The Labute approximate surface area is 111 Å². The topological polar surface area (TPSA) is 117 Å². The van der Waals surface area contributed by atoms with Gasteiger partial charge in [-0.15, -0.1) is 0 Å². The molecule has 1 fully saturated rings. The van der Waals surface area contributed by atoms with Crippen LogP contribution < -0.4 is 10.6 Å². The number of amides is 3. The second-order valence-electron chi connectivity index (χ2n) is 3.70. The molecule has 1 saturated heterocycles. The number of guanidine groups is 1. The predicted molar refractivity (Wildman–Crippen MR) is 68.2 cm³/mol. The van der Waals surface area contributed by atoms with Gasteiger partial charge in [-0.2, -0.15) is 4.99 Å². The lowest BCUT2D eigenvalue weighted by Gasteiger charge is -2.07. The first-order valence-corrected chi connectivity index (χ1v) is 5.97. The standard InChI is InChI=1S/C9H9N5O4S/c1-13-3-6(15)11-8(13)12-9(16)10-5-2-7(14(17)18)19-4-5/h2,4H,3H2,1H3,(H2,10,11,12,15,16). The molecule has 1 aliphatic heterocycles. The van der Waals surface area contributed by atoms with Crippen molar-refractivity contribution >= 4 is 39.9 Å². The van der Waals surface area contributed by atoms with Crippen molar-refractivity contribution in [2.75, 3.05) is 18.9 Å². The number of urea groups is 1. The van der Waals surface area contributed by atoms with Crippen LogP contribution in [-0.2, 0) is 4.79 Å². The quantitative estimate of drug-likeness (QED) is 0.609. The summed E-state index contributed by atoms with van der Waals surface area (Å²) in [6, 6.07) is 0.524. The summed E-state index contributed by atoms with van der Waals surface area (Å²) in [5, 5.41) is 16.6. The Morgan fingerprint density at radius 2 is 2.42 bits per heavy atom. The average molecular weight is 283 g/mol. The predicted octanol–water partition coefficient (Wildman–Crippen LogP) is 0.606. The summed E-state index contributed by atoms with van der Waals surface area (Å²) in [5.41, 5.74) is 0.290. The Morgan fingerprint density at radius 1 is 1.68 bits per heavy atom. The van der Waals surface area contributed by atoms with E-state index in [4.69, 9.17) is 0 Å². The number of anilines is 1. The third kappa shape index (κ3) is 3.04. The van der Waals surface area contributed by atoms with Gasteiger partial charge < -0.3 is 10.2 Å². The van der Waals surface area contributed by atoms with Crippen molar-refractivity contribution in [3.8, 4) is 0 Å². The molecule has 0 radical (unpaired) electrons. The molecule has 0 atom stereocenters. The molecule has 9 nitrogen and oxygen atoms in total. The molecule has 1 aliphatic rings. The molecular formula is C9H9N5O4S. The van der Waals surface area contributed by atoms with E-state index in [1.807, 2.05) is 0 Å². The van der Waals surface area contributed by atoms with E-state index in [1.54, 1.807) is 7.05 Å². The van der Waals surface area contributed by atoms with E-state index in [0.29, 0.717) is 0 Å². The number of hydrogen-bond acceptors (Lipinski definition) is 5. The SMILES string of the molecule is CN1CC(=O)NC1=NC(=O)Nc1csc([N+](=O)[O-])c1. The first-order valence-electron chi connectivity index (χ1n) is 5.09. The third-order valence-corrected chi connectivity index (χ3v) is 3.10. The van der Waals surface area contributed by atoms with Crippen molar-refractivity contribution in [1.82, 2.24) is 10.2 Å². The van der Waals surface area contributed by atoms with Crippen LogP contribution in [0.5, 0.6) is 0 Å². The highest BCUT2D eigenvalue weighted by Gasteiger charge is 2.22. The maximum Gasteiger partial charge on any atom is 0.348 e. The van der Waals surface area contributed by atoms with Gasteiger partial charge in [0.15, 0.2) is 0 Å². The van der Waals surface area contributed by atoms with Crippen LogP contribution in [0.25, 0.3) is 0 Å². The lowest BCUT2D eigenvalue weighted by molar-refractivity contribution is -0.380. The first-order chi connectivity index (χ1) is 8.95. The van der Waals surface area contributed by atoms with Crippen LogP contribution in [-0.4, -0.2) is 41.3 Å². The molecule has 10 heteroatoms. The molecule has 0 spiro atoms. The number of nitrogens with zero attached hydrogens (tertiary/aromatic N) is 3. The summed E-state index contributed by atoms with van der Waals surface area (Å²) in [5.74, 6) is -0.104. The number of rotatable bonds is 2. The van der Waals surface area contributed by atoms with Gasteiger partial charge in [0.25, 0.3) is 0 Å². The minimum atomic E-state index is -0.711. The molecule has 0 aliphatic carbocycles. The van der Waals surface area contributed by atoms with Gasteiger partial charge in [0, 0.05) is 12.4 Å². The van der Waals surface area contributed by atoms with Crippen molar-refractivity contribution in [3.05, 3.63) is 21.6 Å². The van der Waals surface area contributed by atoms with Crippen LogP contribution in [0.15, 0.2) is 16.4 Å². The molecule has 3 amide bonds. The number of thiophene rings is 1. The molecule has 2 heterocycles. The number of carbonyl (C=O) groups is 2. The highest BCUT2D eigenvalue weighted by Crippen LogP contribution is 2.26. The maximum atomic E-state index is 11.6. The molecular weight excluding hydrogens is 274 g/mol. The minimum absolute atomic E-state index is 0.0748. The summed E-state index contributed by atoms with van der Waals surface area (Å²) in [6.07, 6.45) is 0. The second kappa shape index (κ2) is 5.02. The molecule has 19 heavy (non-hydrogen) atoms. The largest absolute Gasteiger partial charge is 0.348 e. The Morgan fingerprint density at radius 3 is 2.95 bits per heavy atom. The molecule has 1 aromatic rings.